The molecular weight excluding hydrogens is 379 g/mol. The number of halogens is 1. The minimum atomic E-state index is -0.274. The van der Waals surface area contributed by atoms with Crippen LogP contribution >= 0.6 is 0 Å². The predicted molar refractivity (Wildman–Crippen MR) is 121 cm³/mol. The first-order valence-electron chi connectivity index (χ1n) is 10.7. The van der Waals surface area contributed by atoms with Crippen molar-refractivity contribution in [2.45, 2.75) is 32.2 Å². The Morgan fingerprint density at radius 1 is 1.17 bits per heavy atom. The number of aliphatic imine (C=N–C) groups is 1. The van der Waals surface area contributed by atoms with Gasteiger partial charge in [0.25, 0.3) is 0 Å². The third-order valence-electron chi connectivity index (χ3n) is 6.14. The molecule has 2 aromatic carbocycles. The summed E-state index contributed by atoms with van der Waals surface area (Å²) in [6, 6.07) is 11.7. The lowest BCUT2D eigenvalue weighted by molar-refractivity contribution is 0.100. The average Bonchev–Trinajstić information content (AvgIpc) is 2.89. The maximum Gasteiger partial charge on any atom is 0.138 e. The van der Waals surface area contributed by atoms with Crippen LogP contribution in [-0.4, -0.2) is 62.1 Å². The molecule has 2 aliphatic rings. The van der Waals surface area contributed by atoms with E-state index < -0.39 is 0 Å². The van der Waals surface area contributed by atoms with E-state index in [0.717, 1.165) is 55.4 Å². The van der Waals surface area contributed by atoms with E-state index in [1.165, 1.54) is 17.7 Å². The molecule has 1 atom stereocenters. The lowest BCUT2D eigenvalue weighted by Crippen LogP contribution is -2.53. The molecule has 0 amide bonds. The van der Waals surface area contributed by atoms with Crippen LogP contribution in [0.2, 0.25) is 0 Å². The minimum absolute atomic E-state index is 0.274. The summed E-state index contributed by atoms with van der Waals surface area (Å²) in [6.45, 7) is 7.84. The van der Waals surface area contributed by atoms with Crippen molar-refractivity contribution >= 4 is 22.9 Å². The smallest absolute Gasteiger partial charge is 0.138 e. The van der Waals surface area contributed by atoms with E-state index in [1.807, 2.05) is 0 Å². The number of likely N-dealkylation sites (N-methyl/N-ethyl adjacent to an activating group) is 1. The van der Waals surface area contributed by atoms with Gasteiger partial charge in [0.15, 0.2) is 0 Å². The fraction of sp³-hybridized carbons (Fsp3) is 0.458. The zero-order valence-corrected chi connectivity index (χ0v) is 18.3. The molecule has 0 aliphatic carbocycles. The number of amidine groups is 1. The Hall–Kier alpha value is -2.44. The fourth-order valence-corrected chi connectivity index (χ4v) is 4.18. The van der Waals surface area contributed by atoms with Crippen LogP contribution in [0.1, 0.15) is 37.3 Å². The lowest BCUT2D eigenvalue weighted by atomic mass is 9.98. The van der Waals surface area contributed by atoms with Gasteiger partial charge in [-0.05, 0) is 49.2 Å². The fourth-order valence-electron chi connectivity index (χ4n) is 4.18. The van der Waals surface area contributed by atoms with Crippen molar-refractivity contribution in [3.8, 4) is 0 Å². The van der Waals surface area contributed by atoms with Gasteiger partial charge in [-0.1, -0.05) is 19.9 Å². The molecule has 6 heteroatoms. The zero-order valence-electron chi connectivity index (χ0n) is 18.3. The van der Waals surface area contributed by atoms with E-state index in [4.69, 9.17) is 9.73 Å². The second-order valence-electron chi connectivity index (χ2n) is 8.54. The van der Waals surface area contributed by atoms with Gasteiger partial charge in [-0.25, -0.2) is 9.38 Å². The molecule has 1 N–H and O–H groups in total. The Morgan fingerprint density at radius 2 is 1.97 bits per heavy atom. The molecule has 160 valence electrons. The second-order valence-corrected chi connectivity index (χ2v) is 8.54. The number of benzene rings is 2. The first kappa shape index (κ1) is 20.8. The van der Waals surface area contributed by atoms with Crippen molar-refractivity contribution in [3.05, 3.63) is 53.3 Å². The van der Waals surface area contributed by atoms with Crippen LogP contribution in [0.15, 0.2) is 41.4 Å². The highest BCUT2D eigenvalue weighted by atomic mass is 19.1. The molecule has 0 aromatic heterocycles. The van der Waals surface area contributed by atoms with Gasteiger partial charge in [0.05, 0.1) is 11.4 Å². The molecule has 1 fully saturated rings. The van der Waals surface area contributed by atoms with Gasteiger partial charge in [-0.15, -0.1) is 0 Å². The quantitative estimate of drug-likeness (QED) is 0.791. The third kappa shape index (κ3) is 4.20. The van der Waals surface area contributed by atoms with Crippen LogP contribution in [0.3, 0.4) is 0 Å². The number of nitrogens with one attached hydrogen (secondary N) is 1. The number of fused-ring (bicyclic) bond motifs is 2. The summed E-state index contributed by atoms with van der Waals surface area (Å²) in [4.78, 5) is 9.74. The Morgan fingerprint density at radius 3 is 2.73 bits per heavy atom. The number of hydrogen-bond donors (Lipinski definition) is 1. The van der Waals surface area contributed by atoms with Gasteiger partial charge in [0.1, 0.15) is 11.7 Å². The SMILES string of the molecule is COCC[C@H]1CN(C2=Nc3cc(F)ccc3Nc3ccc(C(C)C)cc32)CCN1C. The van der Waals surface area contributed by atoms with Crippen molar-refractivity contribution in [3.63, 3.8) is 0 Å². The van der Waals surface area contributed by atoms with E-state index in [1.54, 1.807) is 13.2 Å². The van der Waals surface area contributed by atoms with Gasteiger partial charge in [-0.3, -0.25) is 4.90 Å². The van der Waals surface area contributed by atoms with E-state index in [-0.39, 0.29) is 5.82 Å². The van der Waals surface area contributed by atoms with Crippen molar-refractivity contribution in [1.82, 2.24) is 9.80 Å². The van der Waals surface area contributed by atoms with E-state index in [0.29, 0.717) is 17.6 Å². The van der Waals surface area contributed by atoms with Crippen molar-refractivity contribution < 1.29 is 9.13 Å². The lowest BCUT2D eigenvalue weighted by Gasteiger charge is -2.41. The average molecular weight is 411 g/mol. The number of nitrogens with zero attached hydrogens (tertiary/aromatic N) is 3. The number of hydrogen-bond acceptors (Lipinski definition) is 5. The summed E-state index contributed by atoms with van der Waals surface area (Å²) in [7, 11) is 3.92. The topological polar surface area (TPSA) is 40.1 Å². The van der Waals surface area contributed by atoms with Crippen LogP contribution in [0, 0.1) is 5.82 Å². The standard InChI is InChI=1S/C24H31FN4O/c1-16(2)17-5-7-21-20(13-17)24(27-23-14-18(25)6-8-22(23)26-21)29-11-10-28(3)19(15-29)9-12-30-4/h5-8,13-14,16,19,26H,9-12,15H2,1-4H3/t19-/m0/s1. The van der Waals surface area contributed by atoms with Crippen LogP contribution in [0.5, 0.6) is 0 Å². The summed E-state index contributed by atoms with van der Waals surface area (Å²) in [5, 5.41) is 3.48. The highest BCUT2D eigenvalue weighted by Gasteiger charge is 2.29. The number of methoxy groups -OCH3 is 1. The minimum Gasteiger partial charge on any atom is -0.385 e. The number of rotatable bonds is 4. The molecule has 0 unspecified atom stereocenters. The van der Waals surface area contributed by atoms with Gasteiger partial charge < -0.3 is 15.0 Å². The molecule has 2 aliphatic heterocycles. The number of anilines is 2. The second kappa shape index (κ2) is 8.74. The highest BCUT2D eigenvalue weighted by Crippen LogP contribution is 2.37. The van der Waals surface area contributed by atoms with Crippen LogP contribution in [0.4, 0.5) is 21.5 Å². The Kier molecular flexibility index (Phi) is 6.06. The molecule has 0 bridgehead atoms. The highest BCUT2D eigenvalue weighted by molar-refractivity contribution is 6.08. The molecule has 5 nitrogen and oxygen atoms in total. The summed E-state index contributed by atoms with van der Waals surface area (Å²) in [5.74, 6) is 1.06. The van der Waals surface area contributed by atoms with E-state index in [2.05, 4.69) is 54.2 Å². The molecule has 1 saturated heterocycles. The number of piperazine rings is 1. The van der Waals surface area contributed by atoms with Crippen LogP contribution in [-0.2, 0) is 4.74 Å². The molecule has 2 heterocycles. The monoisotopic (exact) mass is 410 g/mol. The predicted octanol–water partition coefficient (Wildman–Crippen LogP) is 4.74. The van der Waals surface area contributed by atoms with E-state index in [9.17, 15) is 4.39 Å². The maximum atomic E-state index is 14.0. The molecule has 2 aromatic rings. The Balaban J connectivity index is 1.78. The first-order valence-corrected chi connectivity index (χ1v) is 10.7. The van der Waals surface area contributed by atoms with Crippen LogP contribution in [0.25, 0.3) is 0 Å². The Labute approximate surface area is 178 Å². The third-order valence-corrected chi connectivity index (χ3v) is 6.14. The van der Waals surface area contributed by atoms with Crippen molar-refractivity contribution in [2.75, 3.05) is 45.7 Å². The molecule has 0 saturated carbocycles. The van der Waals surface area contributed by atoms with Gasteiger partial charge in [-0.2, -0.15) is 0 Å². The summed E-state index contributed by atoms with van der Waals surface area (Å²) in [6.07, 6.45) is 0.971. The molecule has 30 heavy (non-hydrogen) atoms. The Bertz CT molecular complexity index is 943. The van der Waals surface area contributed by atoms with Gasteiger partial charge in [0, 0.05) is 56.7 Å². The first-order chi connectivity index (χ1) is 14.5. The van der Waals surface area contributed by atoms with E-state index >= 15 is 0 Å². The van der Waals surface area contributed by atoms with Gasteiger partial charge >= 0.3 is 0 Å². The van der Waals surface area contributed by atoms with Gasteiger partial charge in [0.2, 0.25) is 0 Å². The largest absolute Gasteiger partial charge is 0.385 e. The molecule has 0 spiro atoms. The summed E-state index contributed by atoms with van der Waals surface area (Å²) < 4.78 is 19.3. The van der Waals surface area contributed by atoms with Crippen LogP contribution < -0.4 is 5.32 Å². The zero-order chi connectivity index (χ0) is 21.3. The molecule has 4 rings (SSSR count). The summed E-state index contributed by atoms with van der Waals surface area (Å²) >= 11 is 0. The van der Waals surface area contributed by atoms with Crippen molar-refractivity contribution in [1.29, 1.82) is 0 Å². The number of ether oxygens (including phenoxy) is 1. The summed E-state index contributed by atoms with van der Waals surface area (Å²) in [5.41, 5.74) is 4.82. The normalized spacial score (nSPS) is 19.1. The molecule has 0 radical (unpaired) electrons. The van der Waals surface area contributed by atoms with Crippen molar-refractivity contribution in [2.24, 2.45) is 4.99 Å². The maximum absolute atomic E-state index is 14.0. The molecular formula is C24H31FN4O.